The number of benzene rings is 2. The van der Waals surface area contributed by atoms with Crippen LogP contribution >= 0.6 is 0 Å². The SMILES string of the molecule is Cc1cc(CCNC(=O)c2cccc(C[C@@H](C)NC[C@H](O)c3ccc(N)nc3)c2)c(C)cc1O. The predicted octanol–water partition coefficient (Wildman–Crippen LogP) is 3.21. The lowest BCUT2D eigenvalue weighted by atomic mass is 10.0. The van der Waals surface area contributed by atoms with E-state index in [9.17, 15) is 15.0 Å². The van der Waals surface area contributed by atoms with Gasteiger partial charge in [0.15, 0.2) is 0 Å². The molecule has 1 amide bonds. The van der Waals surface area contributed by atoms with E-state index in [4.69, 9.17) is 5.73 Å². The summed E-state index contributed by atoms with van der Waals surface area (Å²) in [4.78, 5) is 16.7. The Labute approximate surface area is 201 Å². The number of aromatic hydroxyl groups is 1. The van der Waals surface area contributed by atoms with Crippen molar-refractivity contribution >= 4 is 11.7 Å². The summed E-state index contributed by atoms with van der Waals surface area (Å²) < 4.78 is 0. The van der Waals surface area contributed by atoms with Crippen LogP contribution in [0.5, 0.6) is 5.75 Å². The van der Waals surface area contributed by atoms with Gasteiger partial charge < -0.3 is 26.6 Å². The third-order valence-electron chi connectivity index (χ3n) is 5.92. The maximum atomic E-state index is 12.7. The average molecular weight is 463 g/mol. The molecule has 0 radical (unpaired) electrons. The number of nitrogens with two attached hydrogens (primary N) is 1. The third-order valence-corrected chi connectivity index (χ3v) is 5.92. The monoisotopic (exact) mass is 462 g/mol. The highest BCUT2D eigenvalue weighted by atomic mass is 16.3. The van der Waals surface area contributed by atoms with E-state index in [-0.39, 0.29) is 11.9 Å². The molecule has 0 saturated heterocycles. The molecule has 6 N–H and O–H groups in total. The van der Waals surface area contributed by atoms with Gasteiger partial charge in [0.05, 0.1) is 6.10 Å². The third kappa shape index (κ3) is 7.04. The number of hydrogen-bond acceptors (Lipinski definition) is 6. The van der Waals surface area contributed by atoms with Gasteiger partial charge in [-0.15, -0.1) is 0 Å². The molecule has 2 aromatic carbocycles. The number of aryl methyl sites for hydroxylation is 2. The first kappa shape index (κ1) is 25.2. The van der Waals surface area contributed by atoms with Gasteiger partial charge in [0.1, 0.15) is 11.6 Å². The Bertz CT molecular complexity index is 1120. The minimum absolute atomic E-state index is 0.107. The summed E-state index contributed by atoms with van der Waals surface area (Å²) in [5.41, 5.74) is 10.9. The van der Waals surface area contributed by atoms with E-state index in [0.29, 0.717) is 42.2 Å². The number of amides is 1. The Balaban J connectivity index is 1.49. The van der Waals surface area contributed by atoms with Crippen LogP contribution in [0.4, 0.5) is 5.82 Å². The van der Waals surface area contributed by atoms with Crippen LogP contribution in [-0.2, 0) is 12.8 Å². The van der Waals surface area contributed by atoms with Crippen molar-refractivity contribution in [2.75, 3.05) is 18.8 Å². The summed E-state index contributed by atoms with van der Waals surface area (Å²) in [7, 11) is 0. The van der Waals surface area contributed by atoms with Crippen molar-refractivity contribution in [3.8, 4) is 5.75 Å². The number of carbonyl (C=O) groups excluding carboxylic acids is 1. The topological polar surface area (TPSA) is 120 Å². The van der Waals surface area contributed by atoms with Crippen molar-refractivity contribution in [3.05, 3.63) is 88.1 Å². The number of anilines is 1. The molecular weight excluding hydrogens is 428 g/mol. The summed E-state index contributed by atoms with van der Waals surface area (Å²) >= 11 is 0. The van der Waals surface area contributed by atoms with Crippen LogP contribution in [0.25, 0.3) is 0 Å². The fourth-order valence-corrected chi connectivity index (χ4v) is 3.85. The molecule has 0 aliphatic carbocycles. The average Bonchev–Trinajstić information content (AvgIpc) is 2.81. The largest absolute Gasteiger partial charge is 0.508 e. The molecule has 1 heterocycles. The number of nitrogens with one attached hydrogen (secondary N) is 2. The lowest BCUT2D eigenvalue weighted by Crippen LogP contribution is -2.32. The van der Waals surface area contributed by atoms with Crippen molar-refractivity contribution in [3.63, 3.8) is 0 Å². The number of phenolic OH excluding ortho intramolecular Hbond substituents is 1. The molecule has 2 atom stereocenters. The Kier molecular flexibility index (Phi) is 8.62. The van der Waals surface area contributed by atoms with Crippen LogP contribution in [0, 0.1) is 13.8 Å². The second kappa shape index (κ2) is 11.6. The van der Waals surface area contributed by atoms with E-state index in [0.717, 1.165) is 28.7 Å². The standard InChI is InChI=1S/C27H34N4O3/c1-17-12-24(32)18(2)11-21(17)9-10-29-27(34)22-6-4-5-20(14-22)13-19(3)30-16-25(33)23-7-8-26(28)31-15-23/h4-8,11-12,14-15,19,25,30,32-33H,9-10,13,16H2,1-3H3,(H2,28,31)(H,29,34)/t19-,25+/m1/s1. The van der Waals surface area contributed by atoms with Gasteiger partial charge in [0.2, 0.25) is 0 Å². The van der Waals surface area contributed by atoms with Crippen molar-refractivity contribution in [1.82, 2.24) is 15.6 Å². The molecule has 1 aromatic heterocycles. The molecule has 3 rings (SSSR count). The van der Waals surface area contributed by atoms with Crippen LogP contribution < -0.4 is 16.4 Å². The summed E-state index contributed by atoms with van der Waals surface area (Å²) in [6, 6.07) is 14.9. The van der Waals surface area contributed by atoms with Crippen molar-refractivity contribution < 1.29 is 15.0 Å². The number of hydrogen-bond donors (Lipinski definition) is 5. The minimum atomic E-state index is -0.673. The zero-order valence-corrected chi connectivity index (χ0v) is 20.0. The fraction of sp³-hybridized carbons (Fsp3) is 0.333. The van der Waals surface area contributed by atoms with E-state index in [1.165, 1.54) is 0 Å². The summed E-state index contributed by atoms with van der Waals surface area (Å²) in [6.07, 6.45) is 2.33. The lowest BCUT2D eigenvalue weighted by molar-refractivity contribution is 0.0954. The summed E-state index contributed by atoms with van der Waals surface area (Å²) in [5.74, 6) is 0.608. The zero-order valence-electron chi connectivity index (χ0n) is 20.0. The molecule has 0 aliphatic rings. The van der Waals surface area contributed by atoms with Crippen LogP contribution in [0.1, 0.15) is 51.2 Å². The summed E-state index contributed by atoms with van der Waals surface area (Å²) in [5, 5.41) is 26.5. The number of pyridine rings is 1. The number of nitrogens with zero attached hydrogens (tertiary/aromatic N) is 1. The lowest BCUT2D eigenvalue weighted by Gasteiger charge is -2.18. The van der Waals surface area contributed by atoms with Gasteiger partial charge in [-0.2, -0.15) is 0 Å². The number of aromatic nitrogens is 1. The Morgan fingerprint density at radius 2 is 1.91 bits per heavy atom. The molecule has 0 spiro atoms. The van der Waals surface area contributed by atoms with E-state index < -0.39 is 6.10 Å². The molecule has 0 unspecified atom stereocenters. The van der Waals surface area contributed by atoms with Crippen molar-refractivity contribution in [1.29, 1.82) is 0 Å². The Morgan fingerprint density at radius 1 is 1.12 bits per heavy atom. The number of aliphatic hydroxyl groups is 1. The first-order chi connectivity index (χ1) is 16.2. The molecule has 0 fully saturated rings. The molecule has 0 saturated carbocycles. The van der Waals surface area contributed by atoms with Gasteiger partial charge in [-0.3, -0.25) is 4.79 Å². The Hall–Kier alpha value is -3.42. The molecule has 7 heteroatoms. The Morgan fingerprint density at radius 3 is 2.65 bits per heavy atom. The summed E-state index contributed by atoms with van der Waals surface area (Å²) in [6.45, 7) is 6.78. The molecule has 3 aromatic rings. The predicted molar refractivity (Wildman–Crippen MR) is 135 cm³/mol. The van der Waals surface area contributed by atoms with Gasteiger partial charge in [-0.25, -0.2) is 4.98 Å². The highest BCUT2D eigenvalue weighted by molar-refractivity contribution is 5.94. The number of nitrogen functional groups attached to an aromatic ring is 1. The maximum Gasteiger partial charge on any atom is 0.251 e. The van der Waals surface area contributed by atoms with Crippen LogP contribution in [0.3, 0.4) is 0 Å². The van der Waals surface area contributed by atoms with Gasteiger partial charge >= 0.3 is 0 Å². The van der Waals surface area contributed by atoms with Gasteiger partial charge in [0, 0.05) is 36.5 Å². The quantitative estimate of drug-likeness (QED) is 0.316. The maximum absolute atomic E-state index is 12.7. The van der Waals surface area contributed by atoms with Crippen LogP contribution in [0.2, 0.25) is 0 Å². The smallest absolute Gasteiger partial charge is 0.251 e. The van der Waals surface area contributed by atoms with E-state index in [2.05, 4.69) is 15.6 Å². The van der Waals surface area contributed by atoms with Crippen molar-refractivity contribution in [2.45, 2.75) is 45.8 Å². The number of rotatable bonds is 10. The molecular formula is C27H34N4O3. The fourth-order valence-electron chi connectivity index (χ4n) is 3.85. The van der Waals surface area contributed by atoms with Gasteiger partial charge in [-0.05, 0) is 80.1 Å². The van der Waals surface area contributed by atoms with Gasteiger partial charge in [0.25, 0.3) is 5.91 Å². The van der Waals surface area contributed by atoms with Crippen molar-refractivity contribution in [2.24, 2.45) is 0 Å². The van der Waals surface area contributed by atoms with Crippen LogP contribution in [0.15, 0.2) is 54.7 Å². The highest BCUT2D eigenvalue weighted by Gasteiger charge is 2.12. The second-order valence-electron chi connectivity index (χ2n) is 8.82. The molecule has 180 valence electrons. The molecule has 0 aliphatic heterocycles. The van der Waals surface area contributed by atoms with Crippen LogP contribution in [-0.4, -0.2) is 40.2 Å². The number of aliphatic hydroxyl groups excluding tert-OH is 1. The molecule has 34 heavy (non-hydrogen) atoms. The minimum Gasteiger partial charge on any atom is -0.508 e. The highest BCUT2D eigenvalue weighted by Crippen LogP contribution is 2.21. The van der Waals surface area contributed by atoms with E-state index in [1.807, 2.05) is 51.1 Å². The number of carbonyl (C=O) groups is 1. The van der Waals surface area contributed by atoms with Gasteiger partial charge in [-0.1, -0.05) is 24.3 Å². The zero-order chi connectivity index (χ0) is 24.7. The normalized spacial score (nSPS) is 12.8. The first-order valence-electron chi connectivity index (χ1n) is 11.5. The number of phenols is 1. The van der Waals surface area contributed by atoms with E-state index in [1.54, 1.807) is 24.4 Å². The first-order valence-corrected chi connectivity index (χ1v) is 11.5. The second-order valence-corrected chi connectivity index (χ2v) is 8.82. The molecule has 0 bridgehead atoms. The molecule has 7 nitrogen and oxygen atoms in total. The van der Waals surface area contributed by atoms with E-state index >= 15 is 0 Å².